The molecule has 0 aliphatic rings. The average molecular weight is 391 g/mol. The quantitative estimate of drug-likeness (QED) is 0.713. The number of anilines is 1. The van der Waals surface area contributed by atoms with Crippen LogP contribution in [0.25, 0.3) is 0 Å². The van der Waals surface area contributed by atoms with Crippen molar-refractivity contribution in [1.82, 2.24) is 4.90 Å². The zero-order valence-electron chi connectivity index (χ0n) is 15.4. The van der Waals surface area contributed by atoms with Crippen molar-refractivity contribution in [2.75, 3.05) is 32.1 Å². The maximum absolute atomic E-state index is 12.3. The molecule has 6 nitrogen and oxygen atoms in total. The van der Waals surface area contributed by atoms with E-state index in [0.29, 0.717) is 23.0 Å². The van der Waals surface area contributed by atoms with Crippen LogP contribution in [0, 0.1) is 0 Å². The summed E-state index contributed by atoms with van der Waals surface area (Å²) in [5.41, 5.74) is 1.42. The molecule has 0 aliphatic carbocycles. The van der Waals surface area contributed by atoms with Crippen molar-refractivity contribution in [3.05, 3.63) is 59.1 Å². The molecule has 0 aliphatic heterocycles. The van der Waals surface area contributed by atoms with E-state index in [1.54, 1.807) is 37.4 Å². The summed E-state index contributed by atoms with van der Waals surface area (Å²) in [6.07, 6.45) is 0. The highest BCUT2D eigenvalue weighted by Gasteiger charge is 2.16. The van der Waals surface area contributed by atoms with E-state index in [-0.39, 0.29) is 31.6 Å². The second-order valence-electron chi connectivity index (χ2n) is 5.77. The van der Waals surface area contributed by atoms with Crippen molar-refractivity contribution >= 4 is 29.1 Å². The van der Waals surface area contributed by atoms with Crippen molar-refractivity contribution in [3.8, 4) is 5.75 Å². The fourth-order valence-corrected chi connectivity index (χ4v) is 2.60. The van der Waals surface area contributed by atoms with Crippen LogP contribution in [-0.2, 0) is 20.9 Å². The topological polar surface area (TPSA) is 67.9 Å². The summed E-state index contributed by atoms with van der Waals surface area (Å²) < 4.78 is 10.6. The van der Waals surface area contributed by atoms with Crippen molar-refractivity contribution < 1.29 is 19.1 Å². The molecule has 0 aromatic heterocycles. The second kappa shape index (κ2) is 10.5. The monoisotopic (exact) mass is 390 g/mol. The molecule has 0 spiro atoms. The number of carbonyl (C=O) groups excluding carboxylic acids is 2. The fraction of sp³-hybridized carbons (Fsp3) is 0.300. The van der Waals surface area contributed by atoms with E-state index in [1.165, 1.54) is 4.90 Å². The number of benzene rings is 2. The lowest BCUT2D eigenvalue weighted by molar-refractivity contribution is -0.139. The minimum atomic E-state index is -0.287. The second-order valence-corrected chi connectivity index (χ2v) is 6.18. The highest BCUT2D eigenvalue weighted by atomic mass is 35.5. The fourth-order valence-electron chi connectivity index (χ4n) is 2.41. The first-order chi connectivity index (χ1) is 13.0. The molecule has 0 heterocycles. The minimum absolute atomic E-state index is 0.0536. The van der Waals surface area contributed by atoms with Crippen molar-refractivity contribution in [2.24, 2.45) is 0 Å². The first-order valence-corrected chi connectivity index (χ1v) is 8.94. The van der Waals surface area contributed by atoms with Gasteiger partial charge in [0.25, 0.3) is 0 Å². The number of halogens is 1. The summed E-state index contributed by atoms with van der Waals surface area (Å²) in [4.78, 5) is 26.0. The van der Waals surface area contributed by atoms with Crippen LogP contribution >= 0.6 is 11.6 Å². The summed E-state index contributed by atoms with van der Waals surface area (Å²) in [6, 6.07) is 14.3. The lowest BCUT2D eigenvalue weighted by Gasteiger charge is -2.20. The molecule has 27 heavy (non-hydrogen) atoms. The molecule has 0 bridgehead atoms. The molecule has 0 saturated carbocycles. The largest absolute Gasteiger partial charge is 0.497 e. The van der Waals surface area contributed by atoms with E-state index >= 15 is 0 Å². The van der Waals surface area contributed by atoms with Gasteiger partial charge in [0.15, 0.2) is 0 Å². The summed E-state index contributed by atoms with van der Waals surface area (Å²) in [5.74, 6) is 0.0964. The Morgan fingerprint density at radius 3 is 2.63 bits per heavy atom. The smallest absolute Gasteiger partial charge is 0.249 e. The molecule has 0 atom stereocenters. The molecule has 2 rings (SSSR count). The van der Waals surface area contributed by atoms with Gasteiger partial charge in [-0.25, -0.2) is 0 Å². The van der Waals surface area contributed by atoms with Crippen LogP contribution in [0.3, 0.4) is 0 Å². The molecule has 2 aromatic carbocycles. The van der Waals surface area contributed by atoms with Gasteiger partial charge in [-0.05, 0) is 30.7 Å². The normalized spacial score (nSPS) is 10.3. The number of hydrogen-bond donors (Lipinski definition) is 1. The van der Waals surface area contributed by atoms with Crippen molar-refractivity contribution in [1.29, 1.82) is 0 Å². The van der Waals surface area contributed by atoms with Gasteiger partial charge in [0.05, 0.1) is 20.3 Å². The van der Waals surface area contributed by atoms with Gasteiger partial charge in [-0.1, -0.05) is 35.9 Å². The Hall–Kier alpha value is -2.57. The number of rotatable bonds is 9. The van der Waals surface area contributed by atoms with Crippen LogP contribution in [0.2, 0.25) is 5.02 Å². The van der Waals surface area contributed by atoms with Gasteiger partial charge in [-0.3, -0.25) is 9.59 Å². The molecule has 0 fully saturated rings. The Labute approximate surface area is 164 Å². The molecule has 2 amide bonds. The minimum Gasteiger partial charge on any atom is -0.497 e. The van der Waals surface area contributed by atoms with Crippen LogP contribution in [0.1, 0.15) is 12.5 Å². The zero-order valence-corrected chi connectivity index (χ0v) is 16.2. The highest BCUT2D eigenvalue weighted by Crippen LogP contribution is 2.17. The zero-order chi connectivity index (χ0) is 19.6. The maximum atomic E-state index is 12.3. The van der Waals surface area contributed by atoms with E-state index in [2.05, 4.69) is 5.32 Å². The Morgan fingerprint density at radius 2 is 1.93 bits per heavy atom. The van der Waals surface area contributed by atoms with Crippen LogP contribution in [0.15, 0.2) is 48.5 Å². The molecule has 0 unspecified atom stereocenters. The molecular weight excluding hydrogens is 368 g/mol. The van der Waals surface area contributed by atoms with Gasteiger partial charge >= 0.3 is 0 Å². The summed E-state index contributed by atoms with van der Waals surface area (Å²) in [5, 5.41) is 3.35. The summed E-state index contributed by atoms with van der Waals surface area (Å²) in [7, 11) is 1.56. The predicted octanol–water partition coefficient (Wildman–Crippen LogP) is 3.35. The number of methoxy groups -OCH3 is 1. The van der Waals surface area contributed by atoms with E-state index in [1.807, 2.05) is 25.1 Å². The third-order valence-corrected chi connectivity index (χ3v) is 4.23. The third kappa shape index (κ3) is 6.58. The van der Waals surface area contributed by atoms with E-state index < -0.39 is 0 Å². The third-order valence-electron chi connectivity index (χ3n) is 3.86. The molecule has 0 radical (unpaired) electrons. The van der Waals surface area contributed by atoms with E-state index in [4.69, 9.17) is 21.1 Å². The van der Waals surface area contributed by atoms with Crippen molar-refractivity contribution in [3.63, 3.8) is 0 Å². The van der Waals surface area contributed by atoms with Gasteiger partial charge in [0.2, 0.25) is 11.8 Å². The van der Waals surface area contributed by atoms with Gasteiger partial charge < -0.3 is 19.7 Å². The number of nitrogens with zero attached hydrogens (tertiary/aromatic N) is 1. The van der Waals surface area contributed by atoms with E-state index in [9.17, 15) is 9.59 Å². The van der Waals surface area contributed by atoms with Gasteiger partial charge in [-0.2, -0.15) is 0 Å². The number of ether oxygens (including phenoxy) is 2. The highest BCUT2D eigenvalue weighted by molar-refractivity contribution is 6.31. The Kier molecular flexibility index (Phi) is 8.10. The number of nitrogens with one attached hydrogen (secondary N) is 1. The van der Waals surface area contributed by atoms with Crippen LogP contribution in [-0.4, -0.2) is 43.5 Å². The lowest BCUT2D eigenvalue weighted by atomic mass is 10.2. The molecule has 1 N–H and O–H groups in total. The van der Waals surface area contributed by atoms with Crippen LogP contribution in [0.5, 0.6) is 5.75 Å². The van der Waals surface area contributed by atoms with Gasteiger partial charge in [-0.15, -0.1) is 0 Å². The lowest BCUT2D eigenvalue weighted by Crippen LogP contribution is -2.39. The molecule has 2 aromatic rings. The number of amides is 2. The Balaban J connectivity index is 1.83. The van der Waals surface area contributed by atoms with Gasteiger partial charge in [0.1, 0.15) is 12.4 Å². The molecule has 0 saturated heterocycles. The van der Waals surface area contributed by atoms with Crippen LogP contribution < -0.4 is 10.1 Å². The first-order valence-electron chi connectivity index (χ1n) is 8.56. The Bertz CT molecular complexity index is 782. The Morgan fingerprint density at radius 1 is 1.15 bits per heavy atom. The van der Waals surface area contributed by atoms with Crippen molar-refractivity contribution in [2.45, 2.75) is 13.5 Å². The molecule has 144 valence electrons. The van der Waals surface area contributed by atoms with E-state index in [0.717, 1.165) is 5.56 Å². The number of carbonyl (C=O) groups is 2. The summed E-state index contributed by atoms with van der Waals surface area (Å²) >= 11 is 6.06. The first kappa shape index (κ1) is 20.7. The predicted molar refractivity (Wildman–Crippen MR) is 105 cm³/mol. The summed E-state index contributed by atoms with van der Waals surface area (Å²) in [6.45, 7) is 2.27. The standard InChI is InChI=1S/C20H23ClN2O4/c1-3-23(12-19(24)22-16-8-6-9-17(11-16)26-2)20(25)14-27-13-15-7-4-5-10-18(15)21/h4-11H,3,12-14H2,1-2H3,(H,22,24). The maximum Gasteiger partial charge on any atom is 0.249 e. The molecular formula is C20H23ClN2O4. The van der Waals surface area contributed by atoms with Crippen LogP contribution in [0.4, 0.5) is 5.69 Å². The SMILES string of the molecule is CCN(CC(=O)Nc1cccc(OC)c1)C(=O)COCc1ccccc1Cl. The average Bonchev–Trinajstić information content (AvgIpc) is 2.67. The number of likely N-dealkylation sites (N-methyl/N-ethyl adjacent to an activating group) is 1. The number of hydrogen-bond acceptors (Lipinski definition) is 4. The van der Waals surface area contributed by atoms with Gasteiger partial charge in [0, 0.05) is 23.3 Å². The molecule has 7 heteroatoms.